The molecule has 0 saturated carbocycles. The molecule has 146 valence electrons. The first kappa shape index (κ1) is 19.5. The topological polar surface area (TPSA) is 110 Å². The lowest BCUT2D eigenvalue weighted by Gasteiger charge is -2.16. The number of carbonyl (C=O) groups excluding carboxylic acids is 3. The summed E-state index contributed by atoms with van der Waals surface area (Å²) in [5, 5.41) is 0. The molecule has 2 aliphatic rings. The Morgan fingerprint density at radius 2 is 1.81 bits per heavy atom. The number of hydrogen-bond donors (Lipinski definition) is 1. The van der Waals surface area contributed by atoms with Crippen molar-refractivity contribution < 1.29 is 27.5 Å². The Morgan fingerprint density at radius 1 is 1.07 bits per heavy atom. The van der Waals surface area contributed by atoms with Crippen molar-refractivity contribution in [1.82, 2.24) is 9.62 Å². The maximum Gasteiger partial charge on any atom is 0.321 e. The maximum atomic E-state index is 12.4. The van der Waals surface area contributed by atoms with Crippen LogP contribution >= 0.6 is 0 Å². The monoisotopic (exact) mass is 394 g/mol. The molecule has 1 aromatic carbocycles. The third-order valence-electron chi connectivity index (χ3n) is 4.77. The van der Waals surface area contributed by atoms with Gasteiger partial charge in [0.15, 0.2) is 6.61 Å². The number of hydrogen-bond acceptors (Lipinski definition) is 6. The van der Waals surface area contributed by atoms with E-state index in [4.69, 9.17) is 4.74 Å². The molecule has 0 spiro atoms. The number of carbonyl (C=O) groups is 3. The Kier molecular flexibility index (Phi) is 5.91. The van der Waals surface area contributed by atoms with Crippen molar-refractivity contribution in [3.63, 3.8) is 0 Å². The number of likely N-dealkylation sites (tertiary alicyclic amines) is 1. The second kappa shape index (κ2) is 8.18. The highest BCUT2D eigenvalue weighted by Gasteiger charge is 2.27. The summed E-state index contributed by atoms with van der Waals surface area (Å²) in [5.74, 6) is -1.76. The number of imide groups is 1. The lowest BCUT2D eigenvalue weighted by atomic mass is 9.92. The molecule has 2 amide bonds. The van der Waals surface area contributed by atoms with Crippen LogP contribution in [0.15, 0.2) is 23.1 Å². The van der Waals surface area contributed by atoms with Gasteiger partial charge < -0.3 is 4.74 Å². The van der Waals surface area contributed by atoms with E-state index in [1.807, 2.05) is 6.07 Å². The number of benzene rings is 1. The second-order valence-corrected chi connectivity index (χ2v) is 8.43. The first-order valence-corrected chi connectivity index (χ1v) is 10.5. The molecule has 27 heavy (non-hydrogen) atoms. The molecule has 1 saturated heterocycles. The van der Waals surface area contributed by atoms with Gasteiger partial charge in [-0.15, -0.1) is 0 Å². The number of fused-ring (bicyclic) bond motifs is 1. The zero-order valence-corrected chi connectivity index (χ0v) is 15.7. The Hall–Kier alpha value is -2.26. The first-order valence-electron chi connectivity index (χ1n) is 8.97. The highest BCUT2D eigenvalue weighted by molar-refractivity contribution is 7.89. The van der Waals surface area contributed by atoms with Crippen LogP contribution in [-0.4, -0.2) is 50.8 Å². The van der Waals surface area contributed by atoms with E-state index in [1.54, 1.807) is 6.07 Å². The highest BCUT2D eigenvalue weighted by Crippen LogP contribution is 2.24. The van der Waals surface area contributed by atoms with Crippen molar-refractivity contribution in [3.8, 4) is 0 Å². The molecule has 1 aliphatic carbocycles. The highest BCUT2D eigenvalue weighted by atomic mass is 32.2. The maximum absolute atomic E-state index is 12.4. The molecule has 1 fully saturated rings. The van der Waals surface area contributed by atoms with Crippen LogP contribution in [0.5, 0.6) is 0 Å². The van der Waals surface area contributed by atoms with Gasteiger partial charge in [0, 0.05) is 13.0 Å². The summed E-state index contributed by atoms with van der Waals surface area (Å²) in [7, 11) is -3.85. The molecule has 1 aliphatic heterocycles. The minimum Gasteiger partial charge on any atom is -0.455 e. The number of nitrogens with one attached hydrogen (secondary N) is 1. The fourth-order valence-corrected chi connectivity index (χ4v) is 4.32. The third kappa shape index (κ3) is 4.72. The van der Waals surface area contributed by atoms with E-state index < -0.39 is 35.1 Å². The van der Waals surface area contributed by atoms with Gasteiger partial charge in [0.2, 0.25) is 15.9 Å². The van der Waals surface area contributed by atoms with Crippen LogP contribution in [0.1, 0.15) is 36.8 Å². The van der Waals surface area contributed by atoms with Crippen molar-refractivity contribution in [2.45, 2.75) is 43.4 Å². The minimum atomic E-state index is -3.85. The number of sulfonamides is 1. The van der Waals surface area contributed by atoms with E-state index in [0.717, 1.165) is 41.7 Å². The fourth-order valence-electron chi connectivity index (χ4n) is 3.30. The van der Waals surface area contributed by atoms with E-state index in [0.29, 0.717) is 19.4 Å². The zero-order chi connectivity index (χ0) is 19.4. The fraction of sp³-hybridized carbons (Fsp3) is 0.500. The molecule has 1 aromatic rings. The Morgan fingerprint density at radius 3 is 2.52 bits per heavy atom. The van der Waals surface area contributed by atoms with Crippen molar-refractivity contribution >= 4 is 27.8 Å². The first-order chi connectivity index (χ1) is 12.9. The normalized spacial score (nSPS) is 16.9. The molecule has 0 aromatic heterocycles. The average Bonchev–Trinajstić information content (AvgIpc) is 3.10. The lowest BCUT2D eigenvalue weighted by molar-refractivity contribution is -0.153. The largest absolute Gasteiger partial charge is 0.455 e. The standard InChI is InChI=1S/C18H22N2O6S/c21-16-6-3-9-20(16)17(22)12-26-18(23)11-19-27(24,25)15-8-7-13-4-1-2-5-14(13)10-15/h7-8,10,19H,1-6,9,11-12H2. The van der Waals surface area contributed by atoms with Crippen LogP contribution in [0, 0.1) is 0 Å². The Balaban J connectivity index is 1.51. The lowest BCUT2D eigenvalue weighted by Crippen LogP contribution is -2.37. The molecule has 0 radical (unpaired) electrons. The van der Waals surface area contributed by atoms with Crippen LogP contribution in [-0.2, 0) is 42.0 Å². The van der Waals surface area contributed by atoms with Gasteiger partial charge in [-0.05, 0) is 55.4 Å². The number of nitrogens with zero attached hydrogens (tertiary/aromatic N) is 1. The van der Waals surface area contributed by atoms with Crippen molar-refractivity contribution in [1.29, 1.82) is 0 Å². The van der Waals surface area contributed by atoms with E-state index in [1.165, 1.54) is 6.07 Å². The van der Waals surface area contributed by atoms with E-state index >= 15 is 0 Å². The summed E-state index contributed by atoms with van der Waals surface area (Å²) in [6, 6.07) is 4.98. The van der Waals surface area contributed by atoms with Gasteiger partial charge >= 0.3 is 5.97 Å². The molecule has 0 bridgehead atoms. The van der Waals surface area contributed by atoms with Crippen LogP contribution in [0.3, 0.4) is 0 Å². The SMILES string of the molecule is O=C(CNS(=O)(=O)c1ccc2c(c1)CCCC2)OCC(=O)N1CCCC1=O. The second-order valence-electron chi connectivity index (χ2n) is 6.67. The predicted octanol–water partition coefficient (Wildman–Crippen LogP) is 0.536. The molecule has 0 unspecified atom stereocenters. The molecule has 1 heterocycles. The zero-order valence-electron chi connectivity index (χ0n) is 14.9. The number of aryl methyl sites for hydroxylation is 2. The van der Waals surface area contributed by atoms with Crippen LogP contribution in [0.25, 0.3) is 0 Å². The average molecular weight is 394 g/mol. The van der Waals surface area contributed by atoms with E-state index in [-0.39, 0.29) is 10.8 Å². The molecule has 1 N–H and O–H groups in total. The van der Waals surface area contributed by atoms with Crippen LogP contribution in [0.4, 0.5) is 0 Å². The van der Waals surface area contributed by atoms with Crippen LogP contribution < -0.4 is 4.72 Å². The molecule has 9 heteroatoms. The Bertz CT molecular complexity index is 865. The van der Waals surface area contributed by atoms with Crippen molar-refractivity contribution in [2.75, 3.05) is 19.7 Å². The van der Waals surface area contributed by atoms with Gasteiger partial charge in [0.05, 0.1) is 4.90 Å². The molecule has 3 rings (SSSR count). The predicted molar refractivity (Wildman–Crippen MR) is 95.2 cm³/mol. The Labute approximate surface area is 157 Å². The number of amides is 2. The molecular formula is C18H22N2O6S. The summed E-state index contributed by atoms with van der Waals surface area (Å²) in [5.41, 5.74) is 2.18. The summed E-state index contributed by atoms with van der Waals surface area (Å²) < 4.78 is 31.7. The molecular weight excluding hydrogens is 372 g/mol. The number of esters is 1. The van der Waals surface area contributed by atoms with Gasteiger partial charge in [-0.2, -0.15) is 4.72 Å². The van der Waals surface area contributed by atoms with Gasteiger partial charge in [-0.1, -0.05) is 6.07 Å². The minimum absolute atomic E-state index is 0.106. The van der Waals surface area contributed by atoms with E-state index in [2.05, 4.69) is 4.72 Å². The summed E-state index contributed by atoms with van der Waals surface area (Å²) in [4.78, 5) is 36.2. The van der Waals surface area contributed by atoms with Crippen molar-refractivity contribution in [3.05, 3.63) is 29.3 Å². The van der Waals surface area contributed by atoms with Gasteiger partial charge in [-0.3, -0.25) is 19.3 Å². The number of ether oxygens (including phenoxy) is 1. The van der Waals surface area contributed by atoms with Crippen molar-refractivity contribution in [2.24, 2.45) is 0 Å². The van der Waals surface area contributed by atoms with Gasteiger partial charge in [-0.25, -0.2) is 8.42 Å². The quantitative estimate of drug-likeness (QED) is 0.705. The van der Waals surface area contributed by atoms with E-state index in [9.17, 15) is 22.8 Å². The third-order valence-corrected chi connectivity index (χ3v) is 6.17. The molecule has 0 atom stereocenters. The molecule has 8 nitrogen and oxygen atoms in total. The smallest absolute Gasteiger partial charge is 0.321 e. The summed E-state index contributed by atoms with van der Waals surface area (Å²) in [6.45, 7) is -0.841. The summed E-state index contributed by atoms with van der Waals surface area (Å²) in [6.07, 6.45) is 4.83. The van der Waals surface area contributed by atoms with Gasteiger partial charge in [0.1, 0.15) is 6.54 Å². The summed E-state index contributed by atoms with van der Waals surface area (Å²) >= 11 is 0. The number of rotatable bonds is 6. The van der Waals surface area contributed by atoms with Gasteiger partial charge in [0.25, 0.3) is 5.91 Å². The van der Waals surface area contributed by atoms with Crippen LogP contribution in [0.2, 0.25) is 0 Å².